The molecule has 0 radical (unpaired) electrons. The predicted molar refractivity (Wildman–Crippen MR) is 135 cm³/mol. The molecule has 1 amide bonds. The van der Waals surface area contributed by atoms with Crippen LogP contribution in [0.2, 0.25) is 5.02 Å². The molecule has 33 heavy (non-hydrogen) atoms. The Labute approximate surface area is 201 Å². The van der Waals surface area contributed by atoms with Crippen molar-refractivity contribution in [2.45, 2.75) is 11.8 Å². The third-order valence-corrected chi connectivity index (χ3v) is 6.37. The lowest BCUT2D eigenvalue weighted by molar-refractivity contribution is -0.115. The summed E-state index contributed by atoms with van der Waals surface area (Å²) >= 11 is 11.0. The monoisotopic (exact) mass is 501 g/mol. The third kappa shape index (κ3) is 6.75. The van der Waals surface area contributed by atoms with Crippen molar-refractivity contribution in [1.29, 1.82) is 0 Å². The molecule has 0 aliphatic rings. The summed E-state index contributed by atoms with van der Waals surface area (Å²) in [5.74, 6) is -1.01. The number of hydrazine groups is 1. The van der Waals surface area contributed by atoms with Gasteiger partial charge in [0.15, 0.2) is 5.11 Å². The quantitative estimate of drug-likeness (QED) is 0.186. The highest BCUT2D eigenvalue weighted by atomic mass is 35.5. The molecule has 0 saturated carbocycles. The summed E-state index contributed by atoms with van der Waals surface area (Å²) in [7, 11) is -4.24. The van der Waals surface area contributed by atoms with E-state index in [1.165, 1.54) is 12.1 Å². The van der Waals surface area contributed by atoms with E-state index in [1.54, 1.807) is 42.5 Å². The maximum atomic E-state index is 13.1. The van der Waals surface area contributed by atoms with Gasteiger partial charge in [-0.1, -0.05) is 47.5 Å². The number of anilines is 2. The van der Waals surface area contributed by atoms with Crippen molar-refractivity contribution in [2.75, 3.05) is 10.7 Å². The zero-order valence-electron chi connectivity index (χ0n) is 17.4. The molecule has 3 rings (SSSR count). The Morgan fingerprint density at radius 3 is 2.12 bits per heavy atom. The number of hydrogen-bond donors (Lipinski definition) is 4. The van der Waals surface area contributed by atoms with Crippen molar-refractivity contribution >= 4 is 61.1 Å². The topological polar surface area (TPSA) is 112 Å². The first kappa shape index (κ1) is 24.2. The zero-order valence-corrected chi connectivity index (χ0v) is 19.8. The Morgan fingerprint density at radius 1 is 0.879 bits per heavy atom. The predicted octanol–water partition coefficient (Wildman–Crippen LogP) is 3.87. The lowest BCUT2D eigenvalue weighted by Gasteiger charge is -2.13. The summed E-state index contributed by atoms with van der Waals surface area (Å²) in [6.45, 7) is 1.95. The van der Waals surface area contributed by atoms with Crippen molar-refractivity contribution in [3.05, 3.63) is 89.4 Å². The maximum Gasteiger partial charge on any atom is 0.302 e. The second-order valence-electron chi connectivity index (χ2n) is 6.75. The number of amides is 1. The highest BCUT2D eigenvalue weighted by Crippen LogP contribution is 2.16. The van der Waals surface area contributed by atoms with Gasteiger partial charge in [-0.05, 0) is 67.7 Å². The molecule has 0 saturated heterocycles. The minimum absolute atomic E-state index is 0.0642. The Balaban J connectivity index is 1.78. The van der Waals surface area contributed by atoms with Gasteiger partial charge in [-0.2, -0.15) is 5.10 Å². The molecule has 3 aromatic carbocycles. The van der Waals surface area contributed by atoms with Crippen LogP contribution in [0, 0.1) is 6.92 Å². The van der Waals surface area contributed by atoms with Crippen LogP contribution in [0.15, 0.2) is 88.9 Å². The van der Waals surface area contributed by atoms with Crippen molar-refractivity contribution < 1.29 is 13.2 Å². The number of aryl methyl sites for hydroxylation is 1. The van der Waals surface area contributed by atoms with Crippen LogP contribution in [0.3, 0.4) is 0 Å². The van der Waals surface area contributed by atoms with Gasteiger partial charge in [0.2, 0.25) is 14.9 Å². The summed E-state index contributed by atoms with van der Waals surface area (Å²) < 4.78 is 26.2. The Hall–Kier alpha value is -3.47. The minimum atomic E-state index is -4.24. The molecule has 0 aliphatic heterocycles. The van der Waals surface area contributed by atoms with Gasteiger partial charge in [-0.15, -0.1) is 0 Å². The average Bonchev–Trinajstić information content (AvgIpc) is 2.81. The number of benzene rings is 3. The van der Waals surface area contributed by atoms with Gasteiger partial charge in [0.05, 0.1) is 10.6 Å². The van der Waals surface area contributed by atoms with Crippen LogP contribution in [-0.2, 0) is 14.6 Å². The average molecular weight is 502 g/mol. The first-order chi connectivity index (χ1) is 15.8. The van der Waals surface area contributed by atoms with E-state index < -0.39 is 20.8 Å². The van der Waals surface area contributed by atoms with Gasteiger partial charge in [0.1, 0.15) is 0 Å². The first-order valence-corrected chi connectivity index (χ1v) is 11.9. The summed E-state index contributed by atoms with van der Waals surface area (Å²) in [5, 5.41) is 6.56. The van der Waals surface area contributed by atoms with E-state index in [-0.39, 0.29) is 10.0 Å². The molecule has 0 unspecified atom stereocenters. The minimum Gasteiger partial charge on any atom is -0.331 e. The fourth-order valence-electron chi connectivity index (χ4n) is 2.55. The highest BCUT2D eigenvalue weighted by molar-refractivity contribution is 8.08. The number of halogens is 1. The molecule has 4 N–H and O–H groups in total. The van der Waals surface area contributed by atoms with E-state index in [2.05, 4.69) is 26.7 Å². The van der Waals surface area contributed by atoms with Crippen molar-refractivity contribution in [1.82, 2.24) is 10.9 Å². The number of nitrogens with one attached hydrogen (secondary N) is 4. The number of thiocarbonyl (C=S) groups is 1. The largest absolute Gasteiger partial charge is 0.331 e. The van der Waals surface area contributed by atoms with Gasteiger partial charge in [0.25, 0.3) is 0 Å². The van der Waals surface area contributed by atoms with Crippen LogP contribution in [0.4, 0.5) is 11.4 Å². The van der Waals surface area contributed by atoms with E-state index in [0.717, 1.165) is 5.56 Å². The molecule has 170 valence electrons. The summed E-state index contributed by atoms with van der Waals surface area (Å²) in [6.07, 6.45) is 0. The molecule has 0 bridgehead atoms. The van der Waals surface area contributed by atoms with Gasteiger partial charge in [-0.25, -0.2) is 8.42 Å². The lowest BCUT2D eigenvalue weighted by Crippen LogP contribution is -2.48. The molecule has 0 heterocycles. The molecular weight excluding hydrogens is 482 g/mol. The van der Waals surface area contributed by atoms with Crippen LogP contribution in [-0.4, -0.2) is 24.5 Å². The standard InChI is InChI=1S/C22H20ClN5O3S2/c1-15-7-11-17(12-8-15)24-22(32)28-26-20(29)21(27-25-18-13-9-16(23)10-14-18)33(30,31)19-5-3-2-4-6-19/h2-14,25H,1H3,(H,26,29)(H2,24,28,32)/b27-21-. The van der Waals surface area contributed by atoms with E-state index in [9.17, 15) is 13.2 Å². The lowest BCUT2D eigenvalue weighted by atomic mass is 10.2. The second-order valence-corrected chi connectivity index (χ2v) is 9.46. The smallest absolute Gasteiger partial charge is 0.302 e. The van der Waals surface area contributed by atoms with Crippen molar-refractivity contribution in [3.8, 4) is 0 Å². The molecular formula is C22H20ClN5O3S2. The highest BCUT2D eigenvalue weighted by Gasteiger charge is 2.29. The van der Waals surface area contributed by atoms with Crippen LogP contribution in [0.1, 0.15) is 5.56 Å². The molecule has 11 heteroatoms. The Kier molecular flexibility index (Phi) is 7.99. The first-order valence-electron chi connectivity index (χ1n) is 9.59. The SMILES string of the molecule is Cc1ccc(NC(=S)NNC(=O)/C(=N/Nc2ccc(Cl)cc2)S(=O)(=O)c2ccccc2)cc1. The second kappa shape index (κ2) is 10.9. The summed E-state index contributed by atoms with van der Waals surface area (Å²) in [6, 6.07) is 21.3. The number of rotatable bonds is 4. The van der Waals surface area contributed by atoms with Crippen molar-refractivity contribution in [3.63, 3.8) is 0 Å². The number of hydrogen-bond acceptors (Lipinski definition) is 6. The number of sulfone groups is 1. The summed E-state index contributed by atoms with van der Waals surface area (Å²) in [5.41, 5.74) is 9.55. The normalized spacial score (nSPS) is 11.4. The summed E-state index contributed by atoms with van der Waals surface area (Å²) in [4.78, 5) is 12.7. The zero-order chi connectivity index (χ0) is 23.8. The molecule has 0 atom stereocenters. The van der Waals surface area contributed by atoms with E-state index >= 15 is 0 Å². The van der Waals surface area contributed by atoms with Gasteiger partial charge >= 0.3 is 5.91 Å². The van der Waals surface area contributed by atoms with Crippen LogP contribution < -0.4 is 21.6 Å². The number of hydrazone groups is 1. The maximum absolute atomic E-state index is 13.1. The molecule has 0 fully saturated rings. The Bertz CT molecular complexity index is 1260. The van der Waals surface area contributed by atoms with Gasteiger partial charge in [0, 0.05) is 10.7 Å². The van der Waals surface area contributed by atoms with E-state index in [4.69, 9.17) is 23.8 Å². The number of carbonyl (C=O) groups excluding carboxylic acids is 1. The molecule has 3 aromatic rings. The van der Waals surface area contributed by atoms with Gasteiger partial charge < -0.3 is 5.32 Å². The molecule has 0 aromatic heterocycles. The van der Waals surface area contributed by atoms with Crippen LogP contribution in [0.5, 0.6) is 0 Å². The van der Waals surface area contributed by atoms with Crippen LogP contribution >= 0.6 is 23.8 Å². The van der Waals surface area contributed by atoms with E-state index in [1.807, 2.05) is 31.2 Å². The van der Waals surface area contributed by atoms with Crippen LogP contribution in [0.25, 0.3) is 0 Å². The van der Waals surface area contributed by atoms with Gasteiger partial charge in [-0.3, -0.25) is 21.1 Å². The van der Waals surface area contributed by atoms with E-state index in [0.29, 0.717) is 16.4 Å². The molecule has 0 spiro atoms. The third-order valence-electron chi connectivity index (χ3n) is 4.23. The van der Waals surface area contributed by atoms with Crippen molar-refractivity contribution in [2.24, 2.45) is 5.10 Å². The molecule has 0 aliphatic carbocycles. The number of nitrogens with zero attached hydrogens (tertiary/aromatic N) is 1. The Morgan fingerprint density at radius 2 is 1.48 bits per heavy atom. The molecule has 8 nitrogen and oxygen atoms in total. The number of carbonyl (C=O) groups is 1. The fraction of sp³-hybridized carbons (Fsp3) is 0.0455. The fourth-order valence-corrected chi connectivity index (χ4v) is 4.04.